The number of rotatable bonds is 2. The zero-order chi connectivity index (χ0) is 15.5. The van der Waals surface area contributed by atoms with E-state index in [2.05, 4.69) is 5.32 Å². The predicted molar refractivity (Wildman–Crippen MR) is 83.7 cm³/mol. The Morgan fingerprint density at radius 2 is 1.77 bits per heavy atom. The minimum absolute atomic E-state index is 0.0471. The van der Waals surface area contributed by atoms with E-state index in [1.54, 1.807) is 12.1 Å². The van der Waals surface area contributed by atoms with E-state index < -0.39 is 15.3 Å². The highest BCUT2D eigenvalue weighted by molar-refractivity contribution is 7.90. The lowest BCUT2D eigenvalue weighted by molar-refractivity contribution is -0.118. The molecule has 1 amide bonds. The van der Waals surface area contributed by atoms with Crippen molar-refractivity contribution in [1.29, 1.82) is 0 Å². The quantitative estimate of drug-likeness (QED) is 0.926. The molecule has 4 rings (SSSR count). The third-order valence-electron chi connectivity index (χ3n) is 4.73. The highest BCUT2D eigenvalue weighted by Crippen LogP contribution is 2.64. The molecule has 0 radical (unpaired) electrons. The zero-order valence-electron chi connectivity index (χ0n) is 12.0. The number of anilines is 1. The van der Waals surface area contributed by atoms with E-state index >= 15 is 0 Å². The van der Waals surface area contributed by atoms with Gasteiger partial charge in [0.25, 0.3) is 0 Å². The minimum Gasteiger partial charge on any atom is -0.325 e. The standard InChI is InChI=1S/C17H15NO3S/c1-22(20,21)12-8-6-11(7-9-12)14-10-17(14)13-4-2-3-5-15(13)18-16(17)19/h2-9,14H,10H2,1H3,(H,18,19)/t14-,17+/m0/s1. The fourth-order valence-corrected chi connectivity index (χ4v) is 4.13. The van der Waals surface area contributed by atoms with Crippen LogP contribution in [0.15, 0.2) is 53.4 Å². The molecule has 1 saturated carbocycles. The zero-order valence-corrected chi connectivity index (χ0v) is 12.9. The van der Waals surface area contributed by atoms with Gasteiger partial charge in [-0.3, -0.25) is 4.79 Å². The Hall–Kier alpha value is -2.14. The number of para-hydroxylation sites is 1. The van der Waals surface area contributed by atoms with E-state index in [1.165, 1.54) is 6.26 Å². The molecule has 0 aromatic heterocycles. The van der Waals surface area contributed by atoms with Crippen LogP contribution in [0.2, 0.25) is 0 Å². The summed E-state index contributed by atoms with van der Waals surface area (Å²) < 4.78 is 23.1. The maximum Gasteiger partial charge on any atom is 0.235 e. The summed E-state index contributed by atoms with van der Waals surface area (Å²) in [5, 5.41) is 2.95. The largest absolute Gasteiger partial charge is 0.325 e. The van der Waals surface area contributed by atoms with Gasteiger partial charge < -0.3 is 5.32 Å². The number of sulfone groups is 1. The van der Waals surface area contributed by atoms with Crippen LogP contribution >= 0.6 is 0 Å². The Bertz CT molecular complexity index is 886. The third kappa shape index (κ3) is 1.75. The average Bonchev–Trinajstić information content (AvgIpc) is 3.17. The predicted octanol–water partition coefficient (Wildman–Crippen LogP) is 2.47. The van der Waals surface area contributed by atoms with Crippen LogP contribution in [0, 0.1) is 0 Å². The molecule has 2 aromatic carbocycles. The van der Waals surface area contributed by atoms with Crippen LogP contribution in [0.25, 0.3) is 0 Å². The monoisotopic (exact) mass is 313 g/mol. The van der Waals surface area contributed by atoms with Crippen molar-refractivity contribution < 1.29 is 13.2 Å². The highest BCUT2D eigenvalue weighted by atomic mass is 32.2. The number of amides is 1. The van der Waals surface area contributed by atoms with Crippen molar-refractivity contribution >= 4 is 21.4 Å². The van der Waals surface area contributed by atoms with Gasteiger partial charge in [0.2, 0.25) is 5.91 Å². The second-order valence-corrected chi connectivity index (χ2v) is 8.08. The molecule has 1 spiro atoms. The number of carbonyl (C=O) groups is 1. The molecular weight excluding hydrogens is 298 g/mol. The molecule has 0 bridgehead atoms. The molecule has 0 unspecified atom stereocenters. The maximum atomic E-state index is 12.4. The van der Waals surface area contributed by atoms with Gasteiger partial charge >= 0.3 is 0 Å². The maximum absolute atomic E-state index is 12.4. The van der Waals surface area contributed by atoms with E-state index in [4.69, 9.17) is 0 Å². The summed E-state index contributed by atoms with van der Waals surface area (Å²) in [7, 11) is -3.19. The smallest absolute Gasteiger partial charge is 0.235 e. The van der Waals surface area contributed by atoms with Gasteiger partial charge in [0.05, 0.1) is 10.3 Å². The molecule has 2 aliphatic rings. The van der Waals surface area contributed by atoms with Crippen molar-refractivity contribution in [2.45, 2.75) is 22.6 Å². The van der Waals surface area contributed by atoms with Crippen molar-refractivity contribution in [3.8, 4) is 0 Å². The van der Waals surface area contributed by atoms with Crippen LogP contribution in [0.3, 0.4) is 0 Å². The van der Waals surface area contributed by atoms with E-state index in [0.717, 1.165) is 23.2 Å². The van der Waals surface area contributed by atoms with Crippen LogP contribution in [0.5, 0.6) is 0 Å². The Kier molecular flexibility index (Phi) is 2.58. The van der Waals surface area contributed by atoms with Crippen LogP contribution in [-0.2, 0) is 20.0 Å². The van der Waals surface area contributed by atoms with E-state index in [9.17, 15) is 13.2 Å². The van der Waals surface area contributed by atoms with Gasteiger partial charge in [-0.25, -0.2) is 8.42 Å². The fourth-order valence-electron chi connectivity index (χ4n) is 3.50. The fraction of sp³-hybridized carbons (Fsp3) is 0.235. The van der Waals surface area contributed by atoms with Gasteiger partial charge in [0.15, 0.2) is 9.84 Å². The average molecular weight is 313 g/mol. The van der Waals surface area contributed by atoms with Crippen LogP contribution < -0.4 is 5.32 Å². The van der Waals surface area contributed by atoms with Crippen LogP contribution in [0.1, 0.15) is 23.5 Å². The van der Waals surface area contributed by atoms with Crippen molar-refractivity contribution in [2.75, 3.05) is 11.6 Å². The lowest BCUT2D eigenvalue weighted by Crippen LogP contribution is -2.20. The molecule has 22 heavy (non-hydrogen) atoms. The van der Waals surface area contributed by atoms with E-state index in [1.807, 2.05) is 36.4 Å². The summed E-state index contributed by atoms with van der Waals surface area (Å²) in [6, 6.07) is 14.7. The summed E-state index contributed by atoms with van der Waals surface area (Å²) in [5.74, 6) is 0.163. The Labute approximate surface area is 129 Å². The molecule has 0 saturated heterocycles. The van der Waals surface area contributed by atoms with Gasteiger partial charge in [0, 0.05) is 17.9 Å². The first-order valence-corrected chi connectivity index (χ1v) is 9.03. The van der Waals surface area contributed by atoms with Gasteiger partial charge in [0.1, 0.15) is 0 Å². The summed E-state index contributed by atoms with van der Waals surface area (Å²) in [5.41, 5.74) is 2.49. The summed E-state index contributed by atoms with van der Waals surface area (Å²) in [6.07, 6.45) is 1.97. The van der Waals surface area contributed by atoms with Gasteiger partial charge in [-0.15, -0.1) is 0 Å². The van der Waals surface area contributed by atoms with Gasteiger partial charge in [-0.1, -0.05) is 30.3 Å². The molecule has 1 heterocycles. The molecule has 1 aliphatic heterocycles. The number of hydrogen-bond donors (Lipinski definition) is 1. The molecule has 1 N–H and O–H groups in total. The first kappa shape index (κ1) is 13.5. The molecular formula is C17H15NO3S. The number of benzene rings is 2. The van der Waals surface area contributed by atoms with Crippen molar-refractivity contribution in [1.82, 2.24) is 0 Å². The second-order valence-electron chi connectivity index (χ2n) is 6.07. The van der Waals surface area contributed by atoms with E-state index in [0.29, 0.717) is 4.90 Å². The first-order chi connectivity index (χ1) is 10.4. The second kappa shape index (κ2) is 4.20. The molecule has 1 fully saturated rings. The third-order valence-corrected chi connectivity index (χ3v) is 5.86. The lowest BCUT2D eigenvalue weighted by Gasteiger charge is -2.09. The van der Waals surface area contributed by atoms with Crippen LogP contribution in [0.4, 0.5) is 5.69 Å². The molecule has 5 heteroatoms. The topological polar surface area (TPSA) is 63.2 Å². The summed E-state index contributed by atoms with van der Waals surface area (Å²) >= 11 is 0. The summed E-state index contributed by atoms with van der Waals surface area (Å²) in [4.78, 5) is 12.7. The Morgan fingerprint density at radius 3 is 2.45 bits per heavy atom. The molecule has 112 valence electrons. The molecule has 2 atom stereocenters. The minimum atomic E-state index is -3.19. The lowest BCUT2D eigenvalue weighted by atomic mass is 9.92. The van der Waals surface area contributed by atoms with Crippen molar-refractivity contribution in [3.05, 3.63) is 59.7 Å². The van der Waals surface area contributed by atoms with Gasteiger partial charge in [-0.05, 0) is 35.7 Å². The highest BCUT2D eigenvalue weighted by Gasteiger charge is 2.64. The van der Waals surface area contributed by atoms with Crippen molar-refractivity contribution in [2.24, 2.45) is 0 Å². The molecule has 1 aliphatic carbocycles. The number of carbonyl (C=O) groups excluding carboxylic acids is 1. The molecule has 2 aromatic rings. The Balaban J connectivity index is 1.72. The summed E-state index contributed by atoms with van der Waals surface area (Å²) in [6.45, 7) is 0. The Morgan fingerprint density at radius 1 is 1.09 bits per heavy atom. The van der Waals surface area contributed by atoms with E-state index in [-0.39, 0.29) is 11.8 Å². The molecule has 4 nitrogen and oxygen atoms in total. The first-order valence-electron chi connectivity index (χ1n) is 7.14. The van der Waals surface area contributed by atoms with Crippen molar-refractivity contribution in [3.63, 3.8) is 0 Å². The normalized spacial score (nSPS) is 25.9. The number of fused-ring (bicyclic) bond motifs is 2. The van der Waals surface area contributed by atoms with Gasteiger partial charge in [-0.2, -0.15) is 0 Å². The number of nitrogens with one attached hydrogen (secondary N) is 1. The van der Waals surface area contributed by atoms with Crippen LogP contribution in [-0.4, -0.2) is 20.6 Å². The SMILES string of the molecule is CS(=O)(=O)c1ccc([C@@H]2C[C@]23C(=O)Nc2ccccc23)cc1. The number of hydrogen-bond acceptors (Lipinski definition) is 3.